The van der Waals surface area contributed by atoms with Crippen LogP contribution in [-0.2, 0) is 4.74 Å². The molecule has 7 heteroatoms. The number of esters is 1. The molecule has 1 aromatic heterocycles. The van der Waals surface area contributed by atoms with Crippen LogP contribution in [0.3, 0.4) is 0 Å². The average Bonchev–Trinajstić information content (AvgIpc) is 2.70. The number of anilines is 3. The Morgan fingerprint density at radius 3 is 2.41 bits per heavy atom. The number of para-hydroxylation sites is 1. The minimum absolute atomic E-state index is 0.236. The minimum Gasteiger partial charge on any atom is -0.462 e. The van der Waals surface area contributed by atoms with Crippen LogP contribution in [0.1, 0.15) is 27.8 Å². The summed E-state index contributed by atoms with van der Waals surface area (Å²) in [5.74, 6) is -0.234. The van der Waals surface area contributed by atoms with E-state index in [4.69, 9.17) is 4.74 Å². The van der Waals surface area contributed by atoms with Gasteiger partial charge in [0.05, 0.1) is 12.2 Å². The van der Waals surface area contributed by atoms with E-state index in [9.17, 15) is 9.59 Å². The van der Waals surface area contributed by atoms with Crippen LogP contribution in [0.4, 0.5) is 17.2 Å². The summed E-state index contributed by atoms with van der Waals surface area (Å²) < 4.78 is 4.95. The molecule has 0 aliphatic carbocycles. The lowest BCUT2D eigenvalue weighted by atomic mass is 10.2. The zero-order valence-electron chi connectivity index (χ0n) is 14.7. The van der Waals surface area contributed by atoms with Crippen molar-refractivity contribution in [1.29, 1.82) is 0 Å². The number of nitrogens with zero attached hydrogens (tertiary/aromatic N) is 2. The molecule has 0 radical (unpaired) electrons. The second-order valence-electron chi connectivity index (χ2n) is 5.53. The van der Waals surface area contributed by atoms with Gasteiger partial charge in [0.15, 0.2) is 0 Å². The Labute approximate surface area is 156 Å². The summed E-state index contributed by atoms with van der Waals surface area (Å²) in [6.45, 7) is 2.09. The minimum atomic E-state index is -0.369. The van der Waals surface area contributed by atoms with Crippen LogP contribution in [0, 0.1) is 0 Å². The number of hydrogen-bond donors (Lipinski definition) is 2. The van der Waals surface area contributed by atoms with E-state index in [1.54, 1.807) is 49.4 Å². The van der Waals surface area contributed by atoms with E-state index in [-0.39, 0.29) is 17.6 Å². The standard InChI is InChI=1S/C20H18N4O3/c1-2-27-20(26)14-8-10-16(11-9-14)23-18-12-17(21-13-22-18)19(25)24-15-6-4-3-5-7-15/h3-13H,2H2,1H3,(H,24,25)(H,21,22,23). The smallest absolute Gasteiger partial charge is 0.338 e. The Kier molecular flexibility index (Phi) is 5.73. The first kappa shape index (κ1) is 18.1. The van der Waals surface area contributed by atoms with Crippen LogP contribution >= 0.6 is 0 Å². The first-order valence-corrected chi connectivity index (χ1v) is 8.38. The lowest BCUT2D eigenvalue weighted by molar-refractivity contribution is 0.0526. The maximum atomic E-state index is 12.3. The van der Waals surface area contributed by atoms with Gasteiger partial charge in [-0.05, 0) is 43.3 Å². The maximum absolute atomic E-state index is 12.3. The zero-order chi connectivity index (χ0) is 19.1. The second-order valence-corrected chi connectivity index (χ2v) is 5.53. The van der Waals surface area contributed by atoms with Gasteiger partial charge in [0, 0.05) is 17.4 Å². The van der Waals surface area contributed by atoms with Crippen molar-refractivity contribution in [1.82, 2.24) is 9.97 Å². The fraction of sp³-hybridized carbons (Fsp3) is 0.100. The number of carbonyl (C=O) groups excluding carboxylic acids is 2. The largest absolute Gasteiger partial charge is 0.462 e. The molecule has 0 unspecified atom stereocenters. The van der Waals surface area contributed by atoms with E-state index in [1.807, 2.05) is 18.2 Å². The van der Waals surface area contributed by atoms with E-state index in [1.165, 1.54) is 6.33 Å². The predicted octanol–water partition coefficient (Wildman–Crippen LogP) is 3.65. The molecule has 1 amide bonds. The maximum Gasteiger partial charge on any atom is 0.338 e. The molecule has 0 saturated carbocycles. The van der Waals surface area contributed by atoms with E-state index < -0.39 is 0 Å². The van der Waals surface area contributed by atoms with Gasteiger partial charge in [-0.25, -0.2) is 14.8 Å². The first-order valence-electron chi connectivity index (χ1n) is 8.38. The highest BCUT2D eigenvalue weighted by Crippen LogP contribution is 2.16. The molecule has 0 bridgehead atoms. The van der Waals surface area contributed by atoms with Crippen molar-refractivity contribution in [2.75, 3.05) is 17.2 Å². The summed E-state index contributed by atoms with van der Waals surface area (Å²) >= 11 is 0. The zero-order valence-corrected chi connectivity index (χ0v) is 14.7. The predicted molar refractivity (Wildman–Crippen MR) is 102 cm³/mol. The molecule has 2 N–H and O–H groups in total. The van der Waals surface area contributed by atoms with Crippen molar-refractivity contribution in [3.05, 3.63) is 78.2 Å². The highest BCUT2D eigenvalue weighted by Gasteiger charge is 2.10. The van der Waals surface area contributed by atoms with E-state index in [2.05, 4.69) is 20.6 Å². The Bertz CT molecular complexity index is 927. The van der Waals surface area contributed by atoms with E-state index >= 15 is 0 Å². The number of amides is 1. The Morgan fingerprint density at radius 2 is 1.70 bits per heavy atom. The summed E-state index contributed by atoms with van der Waals surface area (Å²) in [4.78, 5) is 32.1. The molecule has 2 aromatic carbocycles. The highest BCUT2D eigenvalue weighted by molar-refractivity contribution is 6.03. The molecular formula is C20H18N4O3. The third-order valence-corrected chi connectivity index (χ3v) is 3.60. The molecule has 0 fully saturated rings. The van der Waals surface area contributed by atoms with Gasteiger partial charge < -0.3 is 15.4 Å². The second kappa shape index (κ2) is 8.57. The van der Waals surface area contributed by atoms with Crippen molar-refractivity contribution in [2.24, 2.45) is 0 Å². The van der Waals surface area contributed by atoms with Crippen LogP contribution in [0.25, 0.3) is 0 Å². The van der Waals surface area contributed by atoms with Crippen molar-refractivity contribution >= 4 is 29.1 Å². The van der Waals surface area contributed by atoms with Crippen LogP contribution in [0.15, 0.2) is 67.0 Å². The molecule has 1 heterocycles. The monoisotopic (exact) mass is 362 g/mol. The number of rotatable bonds is 6. The normalized spacial score (nSPS) is 10.1. The number of ether oxygens (including phenoxy) is 1. The van der Waals surface area contributed by atoms with Gasteiger partial charge in [0.1, 0.15) is 17.8 Å². The summed E-state index contributed by atoms with van der Waals surface area (Å²) in [6, 6.07) is 17.5. The van der Waals surface area contributed by atoms with Crippen molar-refractivity contribution in [3.63, 3.8) is 0 Å². The molecule has 27 heavy (non-hydrogen) atoms. The number of carbonyl (C=O) groups is 2. The quantitative estimate of drug-likeness (QED) is 0.650. The third kappa shape index (κ3) is 4.88. The molecule has 0 spiro atoms. The number of hydrogen-bond acceptors (Lipinski definition) is 6. The first-order chi connectivity index (χ1) is 13.2. The fourth-order valence-electron chi connectivity index (χ4n) is 2.32. The SMILES string of the molecule is CCOC(=O)c1ccc(Nc2cc(C(=O)Nc3ccccc3)ncn2)cc1. The van der Waals surface area contributed by atoms with Gasteiger partial charge in [0.2, 0.25) is 0 Å². The molecule has 0 atom stereocenters. The Balaban J connectivity index is 1.68. The number of nitrogens with one attached hydrogen (secondary N) is 2. The molecule has 7 nitrogen and oxygen atoms in total. The van der Waals surface area contributed by atoms with E-state index in [0.29, 0.717) is 23.7 Å². The average molecular weight is 362 g/mol. The van der Waals surface area contributed by atoms with Crippen molar-refractivity contribution in [3.8, 4) is 0 Å². The molecule has 0 aliphatic heterocycles. The molecule has 0 aliphatic rings. The number of aromatic nitrogens is 2. The summed E-state index contributed by atoms with van der Waals surface area (Å²) in [6.07, 6.45) is 1.31. The summed E-state index contributed by atoms with van der Waals surface area (Å²) in [7, 11) is 0. The Morgan fingerprint density at radius 1 is 0.963 bits per heavy atom. The van der Waals surface area contributed by atoms with Crippen molar-refractivity contribution in [2.45, 2.75) is 6.92 Å². The van der Waals surface area contributed by atoms with Crippen LogP contribution in [0.2, 0.25) is 0 Å². The fourth-order valence-corrected chi connectivity index (χ4v) is 2.32. The lowest BCUT2D eigenvalue weighted by Crippen LogP contribution is -2.14. The Hall–Kier alpha value is -3.74. The molecule has 3 rings (SSSR count). The van der Waals surface area contributed by atoms with Crippen molar-refractivity contribution < 1.29 is 14.3 Å². The summed E-state index contributed by atoms with van der Waals surface area (Å²) in [5, 5.41) is 5.85. The topological polar surface area (TPSA) is 93.2 Å². The molecular weight excluding hydrogens is 344 g/mol. The van der Waals surface area contributed by atoms with Gasteiger partial charge in [0.25, 0.3) is 5.91 Å². The van der Waals surface area contributed by atoms with Gasteiger partial charge in [-0.2, -0.15) is 0 Å². The van der Waals surface area contributed by atoms with E-state index in [0.717, 1.165) is 5.69 Å². The van der Waals surface area contributed by atoms with Gasteiger partial charge in [-0.3, -0.25) is 4.79 Å². The van der Waals surface area contributed by atoms with Crippen LogP contribution in [0.5, 0.6) is 0 Å². The van der Waals surface area contributed by atoms with Crippen LogP contribution in [-0.4, -0.2) is 28.5 Å². The van der Waals surface area contributed by atoms with Gasteiger partial charge >= 0.3 is 5.97 Å². The van der Waals surface area contributed by atoms with Gasteiger partial charge in [-0.15, -0.1) is 0 Å². The lowest BCUT2D eigenvalue weighted by Gasteiger charge is -2.08. The highest BCUT2D eigenvalue weighted by atomic mass is 16.5. The molecule has 0 saturated heterocycles. The number of benzene rings is 2. The van der Waals surface area contributed by atoms with Gasteiger partial charge in [-0.1, -0.05) is 18.2 Å². The summed E-state index contributed by atoms with van der Waals surface area (Å²) in [5.41, 5.74) is 2.11. The molecule has 3 aromatic rings. The van der Waals surface area contributed by atoms with Crippen LogP contribution < -0.4 is 10.6 Å². The third-order valence-electron chi connectivity index (χ3n) is 3.60. The molecule has 136 valence electrons.